The number of benzene rings is 8. The molecular weight excluding hydrogens is 938 g/mol. The summed E-state index contributed by atoms with van der Waals surface area (Å²) in [5.74, 6) is -0.547. The molecule has 0 unspecified atom stereocenters. The van der Waals surface area contributed by atoms with Gasteiger partial charge < -0.3 is 15.3 Å². The molecule has 335 valence electrons. The zero-order valence-electron chi connectivity index (χ0n) is 34.3. The second kappa shape index (κ2) is 17.6. The molecule has 66 heavy (non-hydrogen) atoms. The van der Waals surface area contributed by atoms with Crippen LogP contribution in [0.4, 0.5) is 34.1 Å². The smallest absolute Gasteiger partial charge is 0.295 e. The van der Waals surface area contributed by atoms with Crippen molar-refractivity contribution >= 4 is 97.7 Å². The van der Waals surface area contributed by atoms with Gasteiger partial charge in [0, 0.05) is 44.9 Å². The standard InChI is InChI=1S/C45H33N9O9S2.Cu/c1-24-16-39(25(2)15-38(24)48-46-30-9-7-26-5-3-4-6-27(26)17-30)49-50-40-22-42(56)41(19-29(40)23-55)51-47-37-13-8-28-18-31(10-11-33(28)45(37)57)54-52-36-14-12-34-35(44(36)53-54)20-32(64(58,59)60)21-43(34)65(61,62)63;/h3-22,55-57H,23H2,1-2H3,(H,58,59,60)(H,61,62,63);. The summed E-state index contributed by atoms with van der Waals surface area (Å²) in [6, 6.07) is 32.7. The molecule has 0 aliphatic rings. The van der Waals surface area contributed by atoms with Crippen molar-refractivity contribution in [3.8, 4) is 17.2 Å². The Hall–Kier alpha value is -7.36. The van der Waals surface area contributed by atoms with Gasteiger partial charge in [0.1, 0.15) is 33.1 Å². The number of aryl methyl sites for hydroxylation is 2. The van der Waals surface area contributed by atoms with E-state index in [2.05, 4.69) is 40.9 Å². The number of fused-ring (bicyclic) bond motifs is 5. The summed E-state index contributed by atoms with van der Waals surface area (Å²) < 4.78 is 67.8. The third kappa shape index (κ3) is 8.86. The number of aromatic nitrogens is 3. The van der Waals surface area contributed by atoms with E-state index in [1.165, 1.54) is 35.1 Å². The van der Waals surface area contributed by atoms with Crippen molar-refractivity contribution in [2.75, 3.05) is 0 Å². The number of hydrogen-bond donors (Lipinski definition) is 5. The first-order valence-corrected chi connectivity index (χ1v) is 22.3. The monoisotopic (exact) mass is 970 g/mol. The Kier molecular flexibility index (Phi) is 12.0. The molecule has 0 saturated heterocycles. The van der Waals surface area contributed by atoms with Crippen molar-refractivity contribution in [2.24, 2.45) is 30.7 Å². The average molecular weight is 971 g/mol. The summed E-state index contributed by atoms with van der Waals surface area (Å²) in [5.41, 5.74) is 4.79. The van der Waals surface area contributed by atoms with Gasteiger partial charge in [-0.05, 0) is 114 Å². The van der Waals surface area contributed by atoms with Crippen LogP contribution in [0.2, 0.25) is 0 Å². The van der Waals surface area contributed by atoms with Crippen molar-refractivity contribution in [3.05, 3.63) is 138 Å². The van der Waals surface area contributed by atoms with Crippen LogP contribution in [0.5, 0.6) is 11.5 Å². The molecule has 1 aromatic heterocycles. The molecule has 0 bridgehead atoms. The van der Waals surface area contributed by atoms with E-state index in [1.807, 2.05) is 68.4 Å². The van der Waals surface area contributed by atoms with Gasteiger partial charge in [-0.25, -0.2) is 0 Å². The molecule has 18 nitrogen and oxygen atoms in total. The van der Waals surface area contributed by atoms with Gasteiger partial charge in [0.25, 0.3) is 20.2 Å². The summed E-state index contributed by atoms with van der Waals surface area (Å²) >= 11 is 0. The first-order valence-electron chi connectivity index (χ1n) is 19.4. The van der Waals surface area contributed by atoms with Crippen LogP contribution in [0.1, 0.15) is 16.7 Å². The Labute approximate surface area is 385 Å². The van der Waals surface area contributed by atoms with E-state index in [1.54, 1.807) is 24.3 Å². The Morgan fingerprint density at radius 3 is 1.92 bits per heavy atom. The van der Waals surface area contributed by atoms with Crippen LogP contribution in [-0.4, -0.2) is 56.3 Å². The second-order valence-corrected chi connectivity index (χ2v) is 17.7. The SMILES string of the molecule is Cc1cc(N=Nc2cc(O)c(N=Nc3ccc4cc(-n5nc6ccc7c(S(=O)(=O)O)cc(S(=O)(=O)O)cc7c6n5)ccc4c3O)cc2CO)c(C)cc1N=Nc1ccc2ccccc2c1.[Cu]. The molecule has 0 fully saturated rings. The summed E-state index contributed by atoms with van der Waals surface area (Å²) in [7, 11) is -9.79. The van der Waals surface area contributed by atoms with Crippen LogP contribution in [0.25, 0.3) is 49.0 Å². The van der Waals surface area contributed by atoms with Gasteiger partial charge >= 0.3 is 0 Å². The normalized spacial score (nSPS) is 12.4. The molecule has 0 spiro atoms. The van der Waals surface area contributed by atoms with E-state index in [0.717, 1.165) is 33.7 Å². The minimum atomic E-state index is -4.91. The van der Waals surface area contributed by atoms with Crippen LogP contribution in [0, 0.1) is 13.8 Å². The summed E-state index contributed by atoms with van der Waals surface area (Å²) in [6.07, 6.45) is 0. The fraction of sp³-hybridized carbons (Fsp3) is 0.0667. The number of aliphatic hydroxyl groups excluding tert-OH is 1. The second-order valence-electron chi connectivity index (χ2n) is 14.9. The van der Waals surface area contributed by atoms with Gasteiger partial charge in [0.05, 0.1) is 39.9 Å². The third-order valence-corrected chi connectivity index (χ3v) is 12.3. The molecule has 9 aromatic rings. The molecule has 1 radical (unpaired) electrons. The maximum atomic E-state index is 12.2. The Balaban J connectivity index is 0.00000592. The van der Waals surface area contributed by atoms with E-state index in [0.29, 0.717) is 39.5 Å². The molecule has 0 amide bonds. The number of rotatable bonds is 10. The van der Waals surface area contributed by atoms with Crippen LogP contribution in [-0.2, 0) is 43.9 Å². The van der Waals surface area contributed by atoms with E-state index in [-0.39, 0.29) is 67.4 Å². The van der Waals surface area contributed by atoms with Crippen LogP contribution >= 0.6 is 0 Å². The molecule has 21 heteroatoms. The van der Waals surface area contributed by atoms with E-state index in [9.17, 15) is 41.3 Å². The van der Waals surface area contributed by atoms with Crippen molar-refractivity contribution in [2.45, 2.75) is 30.2 Å². The number of hydrogen-bond acceptors (Lipinski definition) is 15. The maximum Gasteiger partial charge on any atom is 0.295 e. The predicted molar refractivity (Wildman–Crippen MR) is 242 cm³/mol. The molecule has 0 aliphatic carbocycles. The molecule has 5 N–H and O–H groups in total. The van der Waals surface area contributed by atoms with Crippen molar-refractivity contribution < 1.29 is 58.3 Å². The first kappa shape index (κ1) is 45.2. The Morgan fingerprint density at radius 2 is 1.21 bits per heavy atom. The first-order chi connectivity index (χ1) is 31.0. The third-order valence-electron chi connectivity index (χ3n) is 10.6. The molecule has 9 rings (SSSR count). The fourth-order valence-electron chi connectivity index (χ4n) is 7.20. The van der Waals surface area contributed by atoms with Gasteiger partial charge in [0.15, 0.2) is 5.75 Å². The molecular formula is C45H33CuN9O9S2. The molecule has 8 aromatic carbocycles. The Bertz CT molecular complexity index is 3790. The van der Waals surface area contributed by atoms with E-state index >= 15 is 0 Å². The largest absolute Gasteiger partial charge is 0.506 e. The molecule has 0 saturated carbocycles. The predicted octanol–water partition coefficient (Wildman–Crippen LogP) is 11.1. The quantitative estimate of drug-likeness (QED) is 0.0488. The zero-order chi connectivity index (χ0) is 45.8. The van der Waals surface area contributed by atoms with Gasteiger partial charge in [-0.1, -0.05) is 42.5 Å². The van der Waals surface area contributed by atoms with Gasteiger partial charge in [-0.3, -0.25) is 9.11 Å². The minimum Gasteiger partial charge on any atom is -0.506 e. The maximum absolute atomic E-state index is 12.2. The van der Waals surface area contributed by atoms with Crippen LogP contribution < -0.4 is 0 Å². The number of nitrogens with zero attached hydrogens (tertiary/aromatic N) is 9. The molecule has 0 atom stereocenters. The number of aliphatic hydroxyl groups is 1. The van der Waals surface area contributed by atoms with E-state index < -0.39 is 36.6 Å². The molecule has 0 aliphatic heterocycles. The van der Waals surface area contributed by atoms with E-state index in [4.69, 9.17) is 0 Å². The summed E-state index contributed by atoms with van der Waals surface area (Å²) in [6.45, 7) is 3.29. The topological polar surface area (TPSA) is 274 Å². The van der Waals surface area contributed by atoms with Crippen molar-refractivity contribution in [1.29, 1.82) is 0 Å². The van der Waals surface area contributed by atoms with Gasteiger partial charge in [-0.15, -0.1) is 20.4 Å². The van der Waals surface area contributed by atoms with Crippen LogP contribution in [0.15, 0.2) is 162 Å². The number of phenols is 2. The van der Waals surface area contributed by atoms with Crippen LogP contribution in [0.3, 0.4) is 0 Å². The summed E-state index contributed by atoms with van der Waals surface area (Å²) in [5, 5.41) is 70.1. The average Bonchev–Trinajstić information content (AvgIpc) is 3.73. The number of azo groups is 3. The fourth-order valence-corrected chi connectivity index (χ4v) is 8.54. The number of aromatic hydroxyl groups is 2. The minimum absolute atomic E-state index is 0. The molecule has 1 heterocycles. The van der Waals surface area contributed by atoms with Crippen molar-refractivity contribution in [3.63, 3.8) is 0 Å². The van der Waals surface area contributed by atoms with Crippen molar-refractivity contribution in [1.82, 2.24) is 15.0 Å². The zero-order valence-corrected chi connectivity index (χ0v) is 36.8. The van der Waals surface area contributed by atoms with Gasteiger partial charge in [0.2, 0.25) is 0 Å². The Morgan fingerprint density at radius 1 is 0.561 bits per heavy atom. The summed E-state index contributed by atoms with van der Waals surface area (Å²) in [4.78, 5) is -0.289. The van der Waals surface area contributed by atoms with Gasteiger partial charge in [-0.2, -0.15) is 42.1 Å². The number of phenolic OH excluding ortho intramolecular Hbond substituents is 2.